The molecule has 0 spiro atoms. The molecular weight excluding hydrogens is 346 g/mol. The molecule has 1 unspecified atom stereocenters. The predicted molar refractivity (Wildman–Crippen MR) is 102 cm³/mol. The molecule has 1 aliphatic rings. The van der Waals surface area contributed by atoms with Crippen molar-refractivity contribution in [2.45, 2.75) is 19.1 Å². The number of nitriles is 1. The fourth-order valence-corrected chi connectivity index (χ4v) is 3.69. The van der Waals surface area contributed by atoms with E-state index in [9.17, 15) is 5.26 Å². The average Bonchev–Trinajstić information content (AvgIpc) is 3.11. The van der Waals surface area contributed by atoms with Gasteiger partial charge in [0.15, 0.2) is 5.13 Å². The van der Waals surface area contributed by atoms with Gasteiger partial charge in [0.05, 0.1) is 28.7 Å². The number of pyridine rings is 1. The van der Waals surface area contributed by atoms with Gasteiger partial charge in [0.2, 0.25) is 0 Å². The van der Waals surface area contributed by atoms with E-state index in [2.05, 4.69) is 16.0 Å². The Bertz CT molecular complexity index is 972. The Morgan fingerprint density at radius 2 is 2.04 bits per heavy atom. The Hall–Kier alpha value is -3.24. The molecule has 4 rings (SSSR count). The maximum Gasteiger partial charge on any atom is 0.299 e. The van der Waals surface area contributed by atoms with Gasteiger partial charge in [0.25, 0.3) is 6.02 Å². The molecule has 1 aliphatic heterocycles. The van der Waals surface area contributed by atoms with Crippen LogP contribution in [0.1, 0.15) is 12.0 Å². The van der Waals surface area contributed by atoms with Crippen LogP contribution in [0.3, 0.4) is 0 Å². The van der Waals surface area contributed by atoms with Crippen LogP contribution in [-0.4, -0.2) is 22.0 Å². The van der Waals surface area contributed by atoms with Gasteiger partial charge in [-0.3, -0.25) is 9.88 Å². The monoisotopic (exact) mass is 361 g/mol. The van der Waals surface area contributed by atoms with Crippen molar-refractivity contribution in [3.8, 4) is 6.07 Å². The number of aliphatic imine (C=N–C) groups is 1. The van der Waals surface area contributed by atoms with Crippen molar-refractivity contribution >= 4 is 32.7 Å². The zero-order valence-electron chi connectivity index (χ0n) is 13.8. The zero-order valence-corrected chi connectivity index (χ0v) is 14.6. The molecule has 1 atom stereocenters. The van der Waals surface area contributed by atoms with E-state index in [1.54, 1.807) is 29.9 Å². The van der Waals surface area contributed by atoms with Crippen LogP contribution in [0.25, 0.3) is 10.2 Å². The van der Waals surface area contributed by atoms with Gasteiger partial charge in [0.1, 0.15) is 6.61 Å². The number of nitrogens with zero attached hydrogens (tertiary/aromatic N) is 5. The van der Waals surface area contributed by atoms with Crippen LogP contribution >= 0.6 is 11.3 Å². The molecule has 0 saturated carbocycles. The van der Waals surface area contributed by atoms with Crippen LogP contribution in [0.2, 0.25) is 0 Å². The number of hydrogen-bond donors (Lipinski definition) is 0. The third kappa shape index (κ3) is 3.27. The largest absolute Gasteiger partial charge is 0.460 e. The molecule has 3 heterocycles. The van der Waals surface area contributed by atoms with Gasteiger partial charge in [0, 0.05) is 18.6 Å². The van der Waals surface area contributed by atoms with E-state index in [1.165, 1.54) is 0 Å². The zero-order chi connectivity index (χ0) is 17.8. The third-order valence-corrected chi connectivity index (χ3v) is 4.97. The minimum atomic E-state index is -0.162. The van der Waals surface area contributed by atoms with Gasteiger partial charge in [-0.1, -0.05) is 23.5 Å². The molecule has 0 saturated heterocycles. The standard InChI is InChI=1S/C19H15N5OS/c20-9-5-15-8-12-22-18(25-13-14-6-10-21-11-7-14)24(15)19-23-16-3-1-2-4-17(16)26-19/h1-4,6-8,10-12,15H,5,13H2. The smallest absolute Gasteiger partial charge is 0.299 e. The summed E-state index contributed by atoms with van der Waals surface area (Å²) in [4.78, 5) is 15.0. The van der Waals surface area contributed by atoms with E-state index < -0.39 is 0 Å². The lowest BCUT2D eigenvalue weighted by molar-refractivity contribution is 0.281. The normalized spacial score (nSPS) is 16.3. The number of thiazole rings is 1. The fraction of sp³-hybridized carbons (Fsp3) is 0.158. The number of fused-ring (bicyclic) bond motifs is 1. The third-order valence-electron chi connectivity index (χ3n) is 3.94. The van der Waals surface area contributed by atoms with Crippen molar-refractivity contribution in [3.63, 3.8) is 0 Å². The maximum atomic E-state index is 9.20. The summed E-state index contributed by atoms with van der Waals surface area (Å²) in [5.74, 6) is 0. The van der Waals surface area contributed by atoms with Gasteiger partial charge in [-0.25, -0.2) is 9.98 Å². The van der Waals surface area contributed by atoms with Gasteiger partial charge < -0.3 is 4.74 Å². The van der Waals surface area contributed by atoms with E-state index in [4.69, 9.17) is 9.72 Å². The lowest BCUT2D eigenvalue weighted by atomic mass is 10.2. The molecular formula is C19H15N5OS. The Balaban J connectivity index is 1.65. The first-order chi connectivity index (χ1) is 12.8. The molecule has 0 aliphatic carbocycles. The molecule has 128 valence electrons. The number of aromatic nitrogens is 2. The Morgan fingerprint density at radius 3 is 2.85 bits per heavy atom. The van der Waals surface area contributed by atoms with Crippen LogP contribution in [-0.2, 0) is 11.3 Å². The summed E-state index contributed by atoms with van der Waals surface area (Å²) in [6, 6.07) is 14.3. The lowest BCUT2D eigenvalue weighted by Crippen LogP contribution is -2.42. The van der Waals surface area contributed by atoms with Gasteiger partial charge >= 0.3 is 0 Å². The molecule has 0 amide bonds. The predicted octanol–water partition coefficient (Wildman–Crippen LogP) is 3.88. The minimum Gasteiger partial charge on any atom is -0.460 e. The first-order valence-electron chi connectivity index (χ1n) is 8.13. The highest BCUT2D eigenvalue weighted by molar-refractivity contribution is 7.22. The molecule has 0 radical (unpaired) electrons. The van der Waals surface area contributed by atoms with Crippen LogP contribution in [0.4, 0.5) is 5.13 Å². The fourth-order valence-electron chi connectivity index (χ4n) is 2.67. The minimum absolute atomic E-state index is 0.162. The topological polar surface area (TPSA) is 74.4 Å². The second-order valence-corrected chi connectivity index (χ2v) is 6.67. The van der Waals surface area contributed by atoms with Crippen molar-refractivity contribution in [1.82, 2.24) is 9.97 Å². The van der Waals surface area contributed by atoms with E-state index in [0.29, 0.717) is 19.0 Å². The molecule has 2 aromatic heterocycles. The number of anilines is 1. The number of para-hydroxylation sites is 1. The second kappa shape index (κ2) is 7.33. The molecule has 0 fully saturated rings. The number of hydrogen-bond acceptors (Lipinski definition) is 7. The Kier molecular flexibility index (Phi) is 4.58. The van der Waals surface area contributed by atoms with Crippen molar-refractivity contribution in [1.29, 1.82) is 5.26 Å². The summed E-state index contributed by atoms with van der Waals surface area (Å²) in [5, 5.41) is 9.97. The molecule has 0 N–H and O–H groups in total. The summed E-state index contributed by atoms with van der Waals surface area (Å²) < 4.78 is 7.05. The highest BCUT2D eigenvalue weighted by Crippen LogP contribution is 2.32. The van der Waals surface area contributed by atoms with Crippen LogP contribution in [0, 0.1) is 11.3 Å². The average molecular weight is 361 g/mol. The van der Waals surface area contributed by atoms with Crippen molar-refractivity contribution in [3.05, 3.63) is 66.6 Å². The van der Waals surface area contributed by atoms with Crippen molar-refractivity contribution < 1.29 is 4.74 Å². The number of ether oxygens (including phenoxy) is 1. The molecule has 26 heavy (non-hydrogen) atoms. The van der Waals surface area contributed by atoms with Gasteiger partial charge in [-0.2, -0.15) is 5.26 Å². The summed E-state index contributed by atoms with van der Waals surface area (Å²) in [6.07, 6.45) is 7.36. The Morgan fingerprint density at radius 1 is 1.19 bits per heavy atom. The van der Waals surface area contributed by atoms with Crippen molar-refractivity contribution in [2.75, 3.05) is 4.90 Å². The van der Waals surface area contributed by atoms with Crippen LogP contribution < -0.4 is 4.90 Å². The SMILES string of the molecule is N#CCC1C=CN=C(OCc2ccncc2)N1c1nc2ccccc2s1. The van der Waals surface area contributed by atoms with E-state index in [-0.39, 0.29) is 6.04 Å². The summed E-state index contributed by atoms with van der Waals surface area (Å²) in [5.41, 5.74) is 1.92. The number of rotatable bonds is 4. The number of amidine groups is 1. The van der Waals surface area contributed by atoms with Crippen LogP contribution in [0.15, 0.2) is 66.1 Å². The van der Waals surface area contributed by atoms with E-state index in [0.717, 1.165) is 20.9 Å². The van der Waals surface area contributed by atoms with E-state index >= 15 is 0 Å². The maximum absolute atomic E-state index is 9.20. The first-order valence-corrected chi connectivity index (χ1v) is 8.95. The molecule has 3 aromatic rings. The summed E-state index contributed by atoms with van der Waals surface area (Å²) >= 11 is 1.56. The lowest BCUT2D eigenvalue weighted by Gasteiger charge is -2.30. The number of benzene rings is 1. The molecule has 6 nitrogen and oxygen atoms in total. The van der Waals surface area contributed by atoms with Gasteiger partial charge in [-0.15, -0.1) is 0 Å². The van der Waals surface area contributed by atoms with Gasteiger partial charge in [-0.05, 0) is 35.9 Å². The summed E-state index contributed by atoms with van der Waals surface area (Å²) in [7, 11) is 0. The molecule has 1 aromatic carbocycles. The van der Waals surface area contributed by atoms with E-state index in [1.807, 2.05) is 47.4 Å². The molecule has 7 heteroatoms. The highest BCUT2D eigenvalue weighted by atomic mass is 32.1. The second-order valence-electron chi connectivity index (χ2n) is 5.66. The summed E-state index contributed by atoms with van der Waals surface area (Å²) in [6.45, 7) is 0.371. The van der Waals surface area contributed by atoms with Crippen molar-refractivity contribution in [2.24, 2.45) is 4.99 Å². The first kappa shape index (κ1) is 16.2. The van der Waals surface area contributed by atoms with Crippen LogP contribution in [0.5, 0.6) is 0 Å². The Labute approximate surface area is 154 Å². The molecule has 0 bridgehead atoms. The quantitative estimate of drug-likeness (QED) is 0.705. The highest BCUT2D eigenvalue weighted by Gasteiger charge is 2.28.